The molecule has 3 rings (SSSR count). The molecular weight excluding hydrogens is 366 g/mol. The van der Waals surface area contributed by atoms with Gasteiger partial charge >= 0.3 is 0 Å². The van der Waals surface area contributed by atoms with Gasteiger partial charge in [0.2, 0.25) is 11.8 Å². The highest BCUT2D eigenvalue weighted by Crippen LogP contribution is 2.27. The van der Waals surface area contributed by atoms with Crippen LogP contribution in [-0.2, 0) is 9.59 Å². The average molecular weight is 388 g/mol. The Morgan fingerprint density at radius 3 is 2.57 bits per heavy atom. The maximum atomic E-state index is 13.4. The zero-order valence-electron chi connectivity index (χ0n) is 15.7. The predicted octanol–water partition coefficient (Wildman–Crippen LogP) is 3.59. The van der Waals surface area contributed by atoms with E-state index in [0.717, 1.165) is 12.1 Å². The maximum absolute atomic E-state index is 13.4. The molecule has 1 aliphatic heterocycles. The Labute approximate surface area is 162 Å². The number of ether oxygens (including phenoxy) is 1. The van der Waals surface area contributed by atoms with E-state index >= 15 is 0 Å². The lowest BCUT2D eigenvalue weighted by molar-refractivity contribution is -0.126. The number of carbonyl (C=O) groups excluding carboxylic acids is 2. The summed E-state index contributed by atoms with van der Waals surface area (Å²) in [6, 6.07) is 10.1. The molecule has 0 radical (unpaired) electrons. The van der Waals surface area contributed by atoms with E-state index in [2.05, 4.69) is 5.32 Å². The molecule has 2 aromatic carbocycles. The van der Waals surface area contributed by atoms with Crippen molar-refractivity contribution in [2.24, 2.45) is 5.92 Å². The van der Waals surface area contributed by atoms with Crippen LogP contribution in [0.25, 0.3) is 0 Å². The number of amides is 2. The first-order valence-corrected chi connectivity index (χ1v) is 9.17. The number of nitrogens with one attached hydrogen (secondary N) is 1. The van der Waals surface area contributed by atoms with Crippen molar-refractivity contribution in [3.8, 4) is 5.75 Å². The van der Waals surface area contributed by atoms with Crippen molar-refractivity contribution in [1.29, 1.82) is 0 Å². The molecule has 7 heteroatoms. The van der Waals surface area contributed by atoms with Gasteiger partial charge in [-0.1, -0.05) is 6.07 Å². The third kappa shape index (κ3) is 4.30. The second-order valence-electron chi connectivity index (χ2n) is 6.74. The highest BCUT2D eigenvalue weighted by Gasteiger charge is 2.35. The molecule has 0 aromatic heterocycles. The number of hydrogen-bond acceptors (Lipinski definition) is 3. The van der Waals surface area contributed by atoms with Crippen molar-refractivity contribution < 1.29 is 23.1 Å². The van der Waals surface area contributed by atoms with Gasteiger partial charge in [-0.15, -0.1) is 0 Å². The van der Waals surface area contributed by atoms with E-state index in [1.165, 1.54) is 6.07 Å². The normalized spacial score (nSPS) is 17.5. The van der Waals surface area contributed by atoms with Gasteiger partial charge in [-0.3, -0.25) is 9.59 Å². The summed E-state index contributed by atoms with van der Waals surface area (Å²) >= 11 is 0. The monoisotopic (exact) mass is 388 g/mol. The van der Waals surface area contributed by atoms with E-state index in [9.17, 15) is 18.4 Å². The molecule has 1 N–H and O–H groups in total. The lowest BCUT2D eigenvalue weighted by Crippen LogP contribution is -2.34. The minimum absolute atomic E-state index is 0.101. The summed E-state index contributed by atoms with van der Waals surface area (Å²) in [6.45, 7) is 4.40. The van der Waals surface area contributed by atoms with Gasteiger partial charge in [0.1, 0.15) is 5.75 Å². The highest BCUT2D eigenvalue weighted by molar-refractivity contribution is 6.00. The Bertz CT molecular complexity index is 870. The molecule has 1 fully saturated rings. The summed E-state index contributed by atoms with van der Waals surface area (Å²) in [5.74, 6) is -2.12. The molecule has 0 unspecified atom stereocenters. The van der Waals surface area contributed by atoms with E-state index in [1.807, 2.05) is 6.92 Å². The summed E-state index contributed by atoms with van der Waals surface area (Å²) in [7, 11) is 0. The van der Waals surface area contributed by atoms with E-state index < -0.39 is 23.6 Å². The predicted molar refractivity (Wildman–Crippen MR) is 101 cm³/mol. The largest absolute Gasteiger partial charge is 0.494 e. The number of halogens is 2. The Kier molecular flexibility index (Phi) is 5.92. The summed E-state index contributed by atoms with van der Waals surface area (Å²) in [5, 5.41) is 2.78. The standard InChI is InChI=1S/C21H22F2N2O3/c1-3-28-17-7-5-16(6-8-17)25-12-15(11-20(25)26)21(27)24-13(2)14-4-9-18(22)19(23)10-14/h4-10,13,15H,3,11-12H2,1-2H3,(H,24,27)/t13-,15+/m0/s1. The van der Waals surface area contributed by atoms with Gasteiger partial charge in [-0.05, 0) is 55.8 Å². The van der Waals surface area contributed by atoms with Crippen LogP contribution in [0.15, 0.2) is 42.5 Å². The maximum Gasteiger partial charge on any atom is 0.227 e. The van der Waals surface area contributed by atoms with Crippen LogP contribution < -0.4 is 15.0 Å². The van der Waals surface area contributed by atoms with Crippen molar-refractivity contribution in [2.75, 3.05) is 18.1 Å². The van der Waals surface area contributed by atoms with Gasteiger partial charge in [-0.25, -0.2) is 8.78 Å². The number of rotatable bonds is 6. The van der Waals surface area contributed by atoms with E-state index in [1.54, 1.807) is 36.1 Å². The van der Waals surface area contributed by atoms with Gasteiger partial charge in [0.15, 0.2) is 11.6 Å². The second kappa shape index (κ2) is 8.37. The summed E-state index contributed by atoms with van der Waals surface area (Å²) in [5.41, 5.74) is 1.16. The summed E-state index contributed by atoms with van der Waals surface area (Å²) < 4.78 is 31.9. The molecule has 0 aliphatic carbocycles. The molecule has 1 aliphatic rings. The van der Waals surface area contributed by atoms with Gasteiger partial charge < -0.3 is 15.0 Å². The van der Waals surface area contributed by atoms with Crippen molar-refractivity contribution in [2.45, 2.75) is 26.3 Å². The Morgan fingerprint density at radius 1 is 1.21 bits per heavy atom. The van der Waals surface area contributed by atoms with Crippen LogP contribution in [0.1, 0.15) is 31.9 Å². The van der Waals surface area contributed by atoms with Crippen LogP contribution in [0.3, 0.4) is 0 Å². The topological polar surface area (TPSA) is 58.6 Å². The molecule has 2 atom stereocenters. The first-order chi connectivity index (χ1) is 13.4. The fourth-order valence-electron chi connectivity index (χ4n) is 3.22. The summed E-state index contributed by atoms with van der Waals surface area (Å²) in [6.07, 6.45) is 0.101. The number of benzene rings is 2. The molecule has 0 saturated carbocycles. The molecule has 28 heavy (non-hydrogen) atoms. The molecule has 1 heterocycles. The van der Waals surface area contributed by atoms with Gasteiger partial charge in [-0.2, -0.15) is 0 Å². The first kappa shape index (κ1) is 19.8. The number of anilines is 1. The van der Waals surface area contributed by atoms with E-state index in [-0.39, 0.29) is 24.8 Å². The number of hydrogen-bond donors (Lipinski definition) is 1. The minimum Gasteiger partial charge on any atom is -0.494 e. The Morgan fingerprint density at radius 2 is 1.93 bits per heavy atom. The van der Waals surface area contributed by atoms with Crippen molar-refractivity contribution in [3.05, 3.63) is 59.7 Å². The van der Waals surface area contributed by atoms with Gasteiger partial charge in [0, 0.05) is 18.7 Å². The molecule has 0 spiro atoms. The van der Waals surface area contributed by atoms with Gasteiger partial charge in [0.05, 0.1) is 18.6 Å². The Balaban J connectivity index is 1.63. The zero-order chi connectivity index (χ0) is 20.3. The van der Waals surface area contributed by atoms with Crippen molar-refractivity contribution in [1.82, 2.24) is 5.32 Å². The van der Waals surface area contributed by atoms with Gasteiger partial charge in [0.25, 0.3) is 0 Å². The van der Waals surface area contributed by atoms with E-state index in [4.69, 9.17) is 4.74 Å². The Hall–Kier alpha value is -2.96. The minimum atomic E-state index is -0.962. The third-order valence-corrected chi connectivity index (χ3v) is 4.76. The van der Waals surface area contributed by atoms with Crippen LogP contribution in [-0.4, -0.2) is 25.0 Å². The van der Waals surface area contributed by atoms with Crippen LogP contribution in [0.2, 0.25) is 0 Å². The third-order valence-electron chi connectivity index (χ3n) is 4.76. The number of carbonyl (C=O) groups is 2. The molecular formula is C21H22F2N2O3. The fraction of sp³-hybridized carbons (Fsp3) is 0.333. The van der Waals surface area contributed by atoms with Crippen LogP contribution >= 0.6 is 0 Å². The fourth-order valence-corrected chi connectivity index (χ4v) is 3.22. The van der Waals surface area contributed by atoms with Crippen LogP contribution in [0.5, 0.6) is 5.75 Å². The summed E-state index contributed by atoms with van der Waals surface area (Å²) in [4.78, 5) is 26.5. The first-order valence-electron chi connectivity index (χ1n) is 9.17. The SMILES string of the molecule is CCOc1ccc(N2C[C@H](C(=O)N[C@@H](C)c3ccc(F)c(F)c3)CC2=O)cc1. The quantitative estimate of drug-likeness (QED) is 0.823. The second-order valence-corrected chi connectivity index (χ2v) is 6.74. The van der Waals surface area contributed by atoms with E-state index in [0.29, 0.717) is 23.6 Å². The van der Waals surface area contributed by atoms with Crippen molar-refractivity contribution >= 4 is 17.5 Å². The molecule has 0 bridgehead atoms. The molecule has 1 saturated heterocycles. The molecule has 5 nitrogen and oxygen atoms in total. The van der Waals surface area contributed by atoms with Crippen molar-refractivity contribution in [3.63, 3.8) is 0 Å². The lowest BCUT2D eigenvalue weighted by atomic mass is 10.0. The number of nitrogens with zero attached hydrogens (tertiary/aromatic N) is 1. The smallest absolute Gasteiger partial charge is 0.227 e. The molecule has 2 amide bonds. The average Bonchev–Trinajstić information content (AvgIpc) is 3.06. The highest BCUT2D eigenvalue weighted by atomic mass is 19.2. The molecule has 2 aromatic rings. The lowest BCUT2D eigenvalue weighted by Gasteiger charge is -2.19. The van der Waals surface area contributed by atoms with Crippen LogP contribution in [0, 0.1) is 17.6 Å². The van der Waals surface area contributed by atoms with Crippen LogP contribution in [0.4, 0.5) is 14.5 Å². The zero-order valence-corrected chi connectivity index (χ0v) is 15.7. The molecule has 148 valence electrons.